The molecule has 0 N–H and O–H groups in total. The quantitative estimate of drug-likeness (QED) is 0.393. The summed E-state index contributed by atoms with van der Waals surface area (Å²) in [5, 5.41) is 0.782. The van der Waals surface area contributed by atoms with E-state index in [9.17, 15) is 4.79 Å². The Balaban J connectivity index is 1.56. The fourth-order valence-corrected chi connectivity index (χ4v) is 4.38. The predicted octanol–water partition coefficient (Wildman–Crippen LogP) is 5.31. The second-order valence-corrected chi connectivity index (χ2v) is 7.97. The molecule has 1 atom stereocenters. The molecule has 0 bridgehead atoms. The van der Waals surface area contributed by atoms with Crippen LogP contribution in [0.4, 0.5) is 4.39 Å². The molecule has 1 amide bonds. The number of carbonyl (C=O) groups excluding carboxylic acids is 1. The van der Waals surface area contributed by atoms with E-state index < -0.39 is 5.82 Å². The number of hydrogen-bond acceptors (Lipinski definition) is 5. The summed E-state index contributed by atoms with van der Waals surface area (Å²) >= 11 is 0. The van der Waals surface area contributed by atoms with Crippen LogP contribution in [0.3, 0.4) is 0 Å². The second-order valence-electron chi connectivity index (χ2n) is 7.97. The molecule has 0 spiro atoms. The van der Waals surface area contributed by atoms with E-state index in [-0.39, 0.29) is 11.9 Å². The van der Waals surface area contributed by atoms with Crippen LogP contribution in [-0.4, -0.2) is 32.3 Å². The Morgan fingerprint density at radius 2 is 2.09 bits per heavy atom. The highest BCUT2D eigenvalue weighted by atomic mass is 19.1. The van der Waals surface area contributed by atoms with Crippen LogP contribution in [0.2, 0.25) is 0 Å². The van der Waals surface area contributed by atoms with E-state index in [2.05, 4.69) is 26.8 Å². The first-order valence-electron chi connectivity index (χ1n) is 11.0. The molecule has 0 radical (unpaired) electrons. The van der Waals surface area contributed by atoms with Crippen LogP contribution in [0.25, 0.3) is 22.0 Å². The number of ether oxygens (including phenoxy) is 1. The summed E-state index contributed by atoms with van der Waals surface area (Å²) in [6, 6.07) is 13.6. The van der Waals surface area contributed by atoms with E-state index >= 15 is 4.39 Å². The van der Waals surface area contributed by atoms with Gasteiger partial charge in [0, 0.05) is 47.6 Å². The first kappa shape index (κ1) is 21.5. The van der Waals surface area contributed by atoms with Crippen molar-refractivity contribution in [1.29, 1.82) is 0 Å². The molecule has 3 heterocycles. The molecular weight excluding hydrogens is 431 g/mol. The molecule has 2 aromatic carbocycles. The summed E-state index contributed by atoms with van der Waals surface area (Å²) in [6.45, 7) is 2.28. The molecule has 1 unspecified atom stereocenters. The molecule has 2 aromatic heterocycles. The monoisotopic (exact) mass is 452 g/mol. The lowest BCUT2D eigenvalue weighted by atomic mass is 9.95. The van der Waals surface area contributed by atoms with Gasteiger partial charge in [-0.25, -0.2) is 19.3 Å². The van der Waals surface area contributed by atoms with Gasteiger partial charge >= 0.3 is 0 Å². The first-order chi connectivity index (χ1) is 16.6. The van der Waals surface area contributed by atoms with E-state index in [0.29, 0.717) is 29.3 Å². The first-order valence-corrected chi connectivity index (χ1v) is 11.0. The average Bonchev–Trinajstić information content (AvgIpc) is 3.34. The number of nitrogens with zero attached hydrogens (tertiary/aromatic N) is 4. The Hall–Kier alpha value is -4.31. The number of hydrogen-bond donors (Lipinski definition) is 0. The van der Waals surface area contributed by atoms with Crippen molar-refractivity contribution < 1.29 is 13.9 Å². The van der Waals surface area contributed by atoms with E-state index in [0.717, 1.165) is 29.3 Å². The minimum Gasteiger partial charge on any atom is -0.439 e. The number of amides is 1. The summed E-state index contributed by atoms with van der Waals surface area (Å²) in [5.41, 5.74) is 2.72. The second kappa shape index (κ2) is 9.28. The van der Waals surface area contributed by atoms with Crippen LogP contribution in [0.5, 0.6) is 11.6 Å². The average molecular weight is 452 g/mol. The summed E-state index contributed by atoms with van der Waals surface area (Å²) in [7, 11) is 0. The standard InChI is InChI=1S/C27H21FN4O2/c1-2-6-26(33)32-12-5-7-24(32)22-14-18(13-19-16-29-17-31-27(19)22)21-10-9-20(15-23(21)28)34-25-8-3-4-11-30-25/h3-4,8-11,13-17,24H,5,7,12H2,1H3. The third-order valence-electron chi connectivity index (χ3n) is 5.85. The Labute approximate surface area is 196 Å². The summed E-state index contributed by atoms with van der Waals surface area (Å²) < 4.78 is 20.9. The number of pyridine rings is 1. The molecule has 0 aliphatic carbocycles. The highest BCUT2D eigenvalue weighted by molar-refractivity contribution is 5.95. The smallest absolute Gasteiger partial charge is 0.298 e. The normalized spacial score (nSPS) is 15.1. The van der Waals surface area contributed by atoms with Crippen molar-refractivity contribution in [1.82, 2.24) is 19.9 Å². The zero-order valence-corrected chi connectivity index (χ0v) is 18.5. The fourth-order valence-electron chi connectivity index (χ4n) is 4.38. The van der Waals surface area contributed by atoms with Crippen molar-refractivity contribution in [2.75, 3.05) is 6.54 Å². The van der Waals surface area contributed by atoms with Crippen LogP contribution in [0.15, 0.2) is 67.3 Å². The highest BCUT2D eigenvalue weighted by Crippen LogP contribution is 2.38. The van der Waals surface area contributed by atoms with Gasteiger partial charge in [0.05, 0.1) is 11.6 Å². The Morgan fingerprint density at radius 3 is 2.88 bits per heavy atom. The molecule has 4 aromatic rings. The number of halogens is 1. The summed E-state index contributed by atoms with van der Waals surface area (Å²) in [6.07, 6.45) is 6.47. The van der Waals surface area contributed by atoms with Gasteiger partial charge in [-0.3, -0.25) is 4.79 Å². The molecule has 1 aliphatic heterocycles. The van der Waals surface area contributed by atoms with Gasteiger partial charge in [-0.15, -0.1) is 0 Å². The van der Waals surface area contributed by atoms with Crippen molar-refractivity contribution in [3.05, 3.63) is 78.6 Å². The lowest BCUT2D eigenvalue weighted by Gasteiger charge is -2.24. The molecule has 1 saturated heterocycles. The van der Waals surface area contributed by atoms with Crippen molar-refractivity contribution in [2.24, 2.45) is 0 Å². The third kappa shape index (κ3) is 4.18. The van der Waals surface area contributed by atoms with E-state index in [4.69, 9.17) is 4.74 Å². The molecule has 34 heavy (non-hydrogen) atoms. The number of benzene rings is 2. The molecule has 7 heteroatoms. The van der Waals surface area contributed by atoms with Gasteiger partial charge in [0.25, 0.3) is 5.91 Å². The zero-order valence-electron chi connectivity index (χ0n) is 18.5. The molecule has 1 aliphatic rings. The Bertz CT molecular complexity index is 1430. The maximum atomic E-state index is 15.2. The largest absolute Gasteiger partial charge is 0.439 e. The van der Waals surface area contributed by atoms with E-state index in [1.54, 1.807) is 54.5 Å². The fraction of sp³-hybridized carbons (Fsp3) is 0.185. The number of aromatic nitrogens is 3. The van der Waals surface area contributed by atoms with Crippen LogP contribution in [0.1, 0.15) is 31.4 Å². The lowest BCUT2D eigenvalue weighted by molar-refractivity contribution is -0.125. The van der Waals surface area contributed by atoms with Crippen LogP contribution < -0.4 is 4.74 Å². The van der Waals surface area contributed by atoms with Gasteiger partial charge in [-0.2, -0.15) is 0 Å². The highest BCUT2D eigenvalue weighted by Gasteiger charge is 2.31. The SMILES string of the molecule is CC#CC(=O)N1CCCC1c1cc(-c2ccc(Oc3ccccn3)cc2F)cc2cncnc12. The van der Waals surface area contributed by atoms with Crippen molar-refractivity contribution in [3.63, 3.8) is 0 Å². The molecular formula is C27H21FN4O2. The van der Waals surface area contributed by atoms with Gasteiger partial charge in [0.1, 0.15) is 17.9 Å². The Kier molecular flexibility index (Phi) is 5.88. The summed E-state index contributed by atoms with van der Waals surface area (Å²) in [4.78, 5) is 27.1. The Morgan fingerprint density at radius 1 is 1.18 bits per heavy atom. The number of rotatable bonds is 4. The van der Waals surface area contributed by atoms with Gasteiger partial charge in [0.2, 0.25) is 5.88 Å². The van der Waals surface area contributed by atoms with Crippen LogP contribution in [-0.2, 0) is 4.79 Å². The van der Waals surface area contributed by atoms with Gasteiger partial charge in [-0.1, -0.05) is 12.0 Å². The zero-order chi connectivity index (χ0) is 23.5. The van der Waals surface area contributed by atoms with E-state index in [1.807, 2.05) is 12.1 Å². The minimum absolute atomic E-state index is 0.180. The van der Waals surface area contributed by atoms with Gasteiger partial charge in [-0.05, 0) is 61.6 Å². The molecule has 1 fully saturated rings. The van der Waals surface area contributed by atoms with Gasteiger partial charge < -0.3 is 9.64 Å². The molecule has 0 saturated carbocycles. The topological polar surface area (TPSA) is 68.2 Å². The van der Waals surface area contributed by atoms with Gasteiger partial charge in [0.15, 0.2) is 0 Å². The number of likely N-dealkylation sites (tertiary alicyclic amines) is 1. The number of fused-ring (bicyclic) bond motifs is 1. The van der Waals surface area contributed by atoms with Crippen molar-refractivity contribution >= 4 is 16.8 Å². The van der Waals surface area contributed by atoms with Crippen molar-refractivity contribution in [3.8, 4) is 34.6 Å². The maximum absolute atomic E-state index is 15.2. The minimum atomic E-state index is -0.424. The molecule has 168 valence electrons. The number of carbonyl (C=O) groups is 1. The lowest BCUT2D eigenvalue weighted by Crippen LogP contribution is -2.29. The van der Waals surface area contributed by atoms with Crippen LogP contribution in [0, 0.1) is 17.7 Å². The molecule has 6 nitrogen and oxygen atoms in total. The predicted molar refractivity (Wildman–Crippen MR) is 126 cm³/mol. The molecule has 5 rings (SSSR count). The third-order valence-corrected chi connectivity index (χ3v) is 5.85. The van der Waals surface area contributed by atoms with Crippen molar-refractivity contribution in [2.45, 2.75) is 25.8 Å². The summed E-state index contributed by atoms with van der Waals surface area (Å²) in [5.74, 6) is 5.44. The van der Waals surface area contributed by atoms with Crippen LogP contribution >= 0.6 is 0 Å². The maximum Gasteiger partial charge on any atom is 0.298 e. The van der Waals surface area contributed by atoms with E-state index in [1.165, 1.54) is 12.4 Å².